The minimum Gasteiger partial charge on any atom is -0.458 e. The zero-order valence-electron chi connectivity index (χ0n) is 16.2. The molecule has 1 aromatic carbocycles. The summed E-state index contributed by atoms with van der Waals surface area (Å²) in [6, 6.07) is 8.47. The number of anilines is 1. The first-order valence-electron chi connectivity index (χ1n) is 9.38. The van der Waals surface area contributed by atoms with Crippen molar-refractivity contribution in [3.8, 4) is 11.5 Å². The number of aromatic nitrogens is 2. The monoisotopic (exact) mass is 414 g/mol. The molecule has 1 saturated heterocycles. The van der Waals surface area contributed by atoms with Gasteiger partial charge in [-0.2, -0.15) is 5.10 Å². The largest absolute Gasteiger partial charge is 0.458 e. The smallest absolute Gasteiger partial charge is 0.265 e. The third-order valence-corrected chi connectivity index (χ3v) is 6.46. The normalized spacial score (nSPS) is 14.3. The van der Waals surface area contributed by atoms with E-state index in [1.54, 1.807) is 24.0 Å². The van der Waals surface area contributed by atoms with Gasteiger partial charge in [0.05, 0.1) is 11.8 Å². The number of H-pyrrole nitrogens is 1. The second-order valence-corrected chi connectivity index (χ2v) is 8.81. The Balaban J connectivity index is 1.64. The molecular formula is C20H22N4O4S. The number of carbonyl (C=O) groups is 1. The third kappa shape index (κ3) is 3.77. The molecule has 2 N–H and O–H groups in total. The fourth-order valence-corrected chi connectivity index (χ4v) is 4.65. The van der Waals surface area contributed by atoms with Crippen LogP contribution in [0.25, 0.3) is 11.5 Å². The van der Waals surface area contributed by atoms with Gasteiger partial charge in [-0.15, -0.1) is 0 Å². The number of likely N-dealkylation sites (tertiary alicyclic amines) is 1. The average Bonchev–Trinajstić information content (AvgIpc) is 3.43. The lowest BCUT2D eigenvalue weighted by Crippen LogP contribution is -2.27. The summed E-state index contributed by atoms with van der Waals surface area (Å²) in [6.07, 6.45) is 3.41. The first-order chi connectivity index (χ1) is 13.8. The maximum Gasteiger partial charge on any atom is 0.265 e. The van der Waals surface area contributed by atoms with Gasteiger partial charge in [0.1, 0.15) is 16.3 Å². The zero-order valence-corrected chi connectivity index (χ0v) is 17.0. The molecule has 1 aliphatic heterocycles. The first-order valence-corrected chi connectivity index (χ1v) is 10.9. The molecule has 8 nitrogen and oxygen atoms in total. The van der Waals surface area contributed by atoms with E-state index in [0.29, 0.717) is 30.0 Å². The van der Waals surface area contributed by atoms with Crippen LogP contribution in [0.5, 0.6) is 0 Å². The van der Waals surface area contributed by atoms with E-state index < -0.39 is 10.0 Å². The van der Waals surface area contributed by atoms with E-state index in [4.69, 9.17) is 4.42 Å². The molecule has 29 heavy (non-hydrogen) atoms. The molecule has 152 valence electrons. The molecule has 0 bridgehead atoms. The summed E-state index contributed by atoms with van der Waals surface area (Å²) in [6.45, 7) is 4.92. The van der Waals surface area contributed by atoms with Crippen molar-refractivity contribution >= 4 is 21.6 Å². The second kappa shape index (κ2) is 7.40. The summed E-state index contributed by atoms with van der Waals surface area (Å²) in [5.74, 6) is 0.350. The summed E-state index contributed by atoms with van der Waals surface area (Å²) in [7, 11) is -3.85. The lowest BCUT2D eigenvalue weighted by Gasteiger charge is -2.14. The van der Waals surface area contributed by atoms with Gasteiger partial charge in [0, 0.05) is 24.8 Å². The number of sulfonamides is 1. The molecule has 1 amide bonds. The summed E-state index contributed by atoms with van der Waals surface area (Å²) in [5, 5.41) is 6.74. The van der Waals surface area contributed by atoms with Crippen molar-refractivity contribution in [2.75, 3.05) is 17.8 Å². The Kier molecular flexibility index (Phi) is 4.91. The Labute approximate surface area is 169 Å². The van der Waals surface area contributed by atoms with Gasteiger partial charge in [0.15, 0.2) is 5.76 Å². The fourth-order valence-electron chi connectivity index (χ4n) is 3.41. The molecule has 4 rings (SSSR count). The van der Waals surface area contributed by atoms with Crippen molar-refractivity contribution in [2.45, 2.75) is 31.6 Å². The van der Waals surface area contributed by atoms with Gasteiger partial charge in [-0.3, -0.25) is 14.6 Å². The number of amides is 1. The van der Waals surface area contributed by atoms with Gasteiger partial charge >= 0.3 is 0 Å². The Bertz CT molecular complexity index is 1140. The summed E-state index contributed by atoms with van der Waals surface area (Å²) in [5.41, 5.74) is 2.24. The van der Waals surface area contributed by atoms with Crippen LogP contribution in [0, 0.1) is 13.8 Å². The standard InChI is InChI=1S/C20H22N4O4S/c1-13-5-7-15(8-6-13)23-29(26,27)18-11-17(28-14(18)2)19-16(12-21-22-19)20(25)24-9-3-4-10-24/h5-8,11-12,23H,3-4,9-10H2,1-2H3,(H,21,22). The third-order valence-electron chi connectivity index (χ3n) is 4.97. The molecule has 9 heteroatoms. The van der Waals surface area contributed by atoms with Crippen molar-refractivity contribution in [1.82, 2.24) is 15.1 Å². The van der Waals surface area contributed by atoms with E-state index in [9.17, 15) is 13.2 Å². The van der Waals surface area contributed by atoms with E-state index in [1.807, 2.05) is 19.1 Å². The molecule has 0 spiro atoms. The van der Waals surface area contributed by atoms with Gasteiger partial charge < -0.3 is 9.32 Å². The molecule has 0 aliphatic carbocycles. The van der Waals surface area contributed by atoms with Crippen molar-refractivity contribution < 1.29 is 17.6 Å². The topological polar surface area (TPSA) is 108 Å². The van der Waals surface area contributed by atoms with Gasteiger partial charge in [0.25, 0.3) is 15.9 Å². The van der Waals surface area contributed by atoms with Crippen molar-refractivity contribution in [3.63, 3.8) is 0 Å². The van der Waals surface area contributed by atoms with E-state index in [2.05, 4.69) is 14.9 Å². The highest BCUT2D eigenvalue weighted by Crippen LogP contribution is 2.31. The minimum absolute atomic E-state index is 0.0160. The second-order valence-electron chi connectivity index (χ2n) is 7.16. The fraction of sp³-hybridized carbons (Fsp3) is 0.300. The number of aromatic amines is 1. The van der Waals surface area contributed by atoms with Crippen LogP contribution in [-0.2, 0) is 10.0 Å². The van der Waals surface area contributed by atoms with Crippen LogP contribution in [0.2, 0.25) is 0 Å². The highest BCUT2D eigenvalue weighted by Gasteiger charge is 2.28. The number of aryl methyl sites for hydroxylation is 2. The van der Waals surface area contributed by atoms with Crippen molar-refractivity contribution in [2.24, 2.45) is 0 Å². The molecule has 0 saturated carbocycles. The van der Waals surface area contributed by atoms with Crippen LogP contribution in [0.3, 0.4) is 0 Å². The highest BCUT2D eigenvalue weighted by molar-refractivity contribution is 7.92. The molecule has 0 atom stereocenters. The van der Waals surface area contributed by atoms with Crippen LogP contribution in [0.15, 0.2) is 45.8 Å². The van der Waals surface area contributed by atoms with E-state index in [-0.39, 0.29) is 22.3 Å². The highest BCUT2D eigenvalue weighted by atomic mass is 32.2. The number of hydrogen-bond acceptors (Lipinski definition) is 5. The van der Waals surface area contributed by atoms with E-state index >= 15 is 0 Å². The Morgan fingerprint density at radius 1 is 1.17 bits per heavy atom. The van der Waals surface area contributed by atoms with Gasteiger partial charge in [-0.25, -0.2) is 8.42 Å². The van der Waals surface area contributed by atoms with E-state index in [0.717, 1.165) is 18.4 Å². The SMILES string of the molecule is Cc1ccc(NS(=O)(=O)c2cc(-c3[nH]ncc3C(=O)N3CCCC3)oc2C)cc1. The average molecular weight is 414 g/mol. The van der Waals surface area contributed by atoms with Crippen LogP contribution < -0.4 is 4.72 Å². The number of benzene rings is 1. The molecule has 3 heterocycles. The predicted molar refractivity (Wildman–Crippen MR) is 108 cm³/mol. The van der Waals surface area contributed by atoms with Crippen molar-refractivity contribution in [1.29, 1.82) is 0 Å². The molecule has 1 fully saturated rings. The summed E-state index contributed by atoms with van der Waals surface area (Å²) in [4.78, 5) is 14.5. The minimum atomic E-state index is -3.85. The quantitative estimate of drug-likeness (QED) is 0.666. The maximum absolute atomic E-state index is 12.8. The molecule has 2 aromatic heterocycles. The number of nitrogens with zero attached hydrogens (tertiary/aromatic N) is 2. The van der Waals surface area contributed by atoms with Crippen LogP contribution >= 0.6 is 0 Å². The zero-order chi connectivity index (χ0) is 20.6. The van der Waals surface area contributed by atoms with Crippen LogP contribution in [0.1, 0.15) is 34.5 Å². The molecule has 1 aliphatic rings. The molecule has 0 unspecified atom stereocenters. The number of carbonyl (C=O) groups excluding carboxylic acids is 1. The van der Waals surface area contributed by atoms with Crippen molar-refractivity contribution in [3.05, 3.63) is 53.4 Å². The molecular weight excluding hydrogens is 392 g/mol. The lowest BCUT2D eigenvalue weighted by molar-refractivity contribution is 0.0793. The summed E-state index contributed by atoms with van der Waals surface area (Å²) >= 11 is 0. The number of nitrogens with one attached hydrogen (secondary N) is 2. The number of rotatable bonds is 5. The number of hydrogen-bond donors (Lipinski definition) is 2. The number of furan rings is 1. The van der Waals surface area contributed by atoms with Crippen LogP contribution in [0.4, 0.5) is 5.69 Å². The summed E-state index contributed by atoms with van der Waals surface area (Å²) < 4.78 is 33.9. The molecule has 0 radical (unpaired) electrons. The Morgan fingerprint density at radius 3 is 2.55 bits per heavy atom. The van der Waals surface area contributed by atoms with Gasteiger partial charge in [0.2, 0.25) is 0 Å². The Morgan fingerprint density at radius 2 is 1.86 bits per heavy atom. The lowest BCUT2D eigenvalue weighted by atomic mass is 10.2. The van der Waals surface area contributed by atoms with Gasteiger partial charge in [-0.05, 0) is 38.8 Å². The maximum atomic E-state index is 12.8. The van der Waals surface area contributed by atoms with E-state index in [1.165, 1.54) is 12.3 Å². The van der Waals surface area contributed by atoms with Gasteiger partial charge in [-0.1, -0.05) is 17.7 Å². The molecule has 3 aromatic rings. The Hall–Kier alpha value is -3.07. The van der Waals surface area contributed by atoms with Crippen LogP contribution in [-0.4, -0.2) is 42.5 Å². The first kappa shape index (κ1) is 19.3. The predicted octanol–water partition coefficient (Wildman–Crippen LogP) is 3.32.